The molecular formula is C24H20IN7O. The maximum atomic E-state index is 13.7. The van der Waals surface area contributed by atoms with E-state index in [1.807, 2.05) is 19.1 Å². The molecule has 2 N–H and O–H groups in total. The second-order valence-corrected chi connectivity index (χ2v) is 8.69. The van der Waals surface area contributed by atoms with Crippen LogP contribution in [0.5, 0.6) is 0 Å². The number of halogens is 1. The molecule has 0 saturated heterocycles. The molecule has 33 heavy (non-hydrogen) atoms. The predicted octanol–water partition coefficient (Wildman–Crippen LogP) is 4.19. The minimum absolute atomic E-state index is 0.188. The lowest BCUT2D eigenvalue weighted by Crippen LogP contribution is -2.34. The number of aromatic nitrogens is 4. The number of hydrogen-bond acceptors (Lipinski definition) is 7. The van der Waals surface area contributed by atoms with Crippen LogP contribution in [0.1, 0.15) is 46.1 Å². The minimum atomic E-state index is -0.406. The summed E-state index contributed by atoms with van der Waals surface area (Å²) in [6.07, 6.45) is 3.30. The molecular weight excluding hydrogens is 529 g/mol. The van der Waals surface area contributed by atoms with Crippen molar-refractivity contribution in [2.45, 2.75) is 26.4 Å². The molecule has 0 bridgehead atoms. The number of nitrogens with two attached hydrogens (primary N) is 1. The monoisotopic (exact) mass is 549 g/mol. The molecule has 4 aromatic rings. The summed E-state index contributed by atoms with van der Waals surface area (Å²) in [5.74, 6) is 0.800. The molecule has 1 unspecified atom stereocenters. The number of carbonyl (C=O) groups excluding carboxylic acids is 1. The first kappa shape index (κ1) is 22.5. The fraction of sp³-hybridized carbons (Fsp3) is 0.167. The Labute approximate surface area is 204 Å². The van der Waals surface area contributed by atoms with Crippen LogP contribution in [-0.2, 0) is 6.54 Å². The van der Waals surface area contributed by atoms with Gasteiger partial charge in [0.15, 0.2) is 0 Å². The molecule has 4 rings (SSSR count). The molecule has 0 aliphatic heterocycles. The maximum absolute atomic E-state index is 13.7. The summed E-state index contributed by atoms with van der Waals surface area (Å²) in [6.45, 7) is 3.90. The number of pyridine rings is 2. The molecule has 1 amide bonds. The summed E-state index contributed by atoms with van der Waals surface area (Å²) in [4.78, 5) is 33.0. The zero-order valence-corrected chi connectivity index (χ0v) is 20.2. The second-order valence-electron chi connectivity index (χ2n) is 7.53. The average Bonchev–Trinajstić information content (AvgIpc) is 2.83. The topological polar surface area (TPSA) is 122 Å². The van der Waals surface area contributed by atoms with Gasteiger partial charge in [0, 0.05) is 23.3 Å². The van der Waals surface area contributed by atoms with Crippen LogP contribution < -0.4 is 5.73 Å². The summed E-state index contributed by atoms with van der Waals surface area (Å²) in [6, 6.07) is 14.2. The van der Waals surface area contributed by atoms with Gasteiger partial charge in [-0.05, 0) is 78.9 Å². The molecule has 0 fully saturated rings. The highest BCUT2D eigenvalue weighted by molar-refractivity contribution is 14.1. The van der Waals surface area contributed by atoms with E-state index in [1.54, 1.807) is 54.5 Å². The van der Waals surface area contributed by atoms with E-state index in [2.05, 4.69) is 48.6 Å². The number of benzene rings is 1. The number of rotatable bonds is 5. The van der Waals surface area contributed by atoms with Crippen LogP contribution in [0.4, 0.5) is 5.82 Å². The van der Waals surface area contributed by atoms with E-state index in [4.69, 9.17) is 5.73 Å². The number of fused-ring (bicyclic) bond motifs is 1. The van der Waals surface area contributed by atoms with Gasteiger partial charge in [0.2, 0.25) is 0 Å². The molecule has 3 aromatic heterocycles. The summed E-state index contributed by atoms with van der Waals surface area (Å²) in [7, 11) is 0. The van der Waals surface area contributed by atoms with Crippen LogP contribution in [0, 0.1) is 21.8 Å². The Kier molecular flexibility index (Phi) is 6.46. The van der Waals surface area contributed by atoms with Crippen molar-refractivity contribution in [3.63, 3.8) is 0 Å². The highest BCUT2D eigenvalue weighted by atomic mass is 127. The zero-order chi connectivity index (χ0) is 23.5. The van der Waals surface area contributed by atoms with Crippen molar-refractivity contribution in [3.8, 4) is 6.07 Å². The summed E-state index contributed by atoms with van der Waals surface area (Å²) in [5.41, 5.74) is 8.95. The first-order chi connectivity index (χ1) is 15.9. The number of carbonyl (C=O) groups is 1. The van der Waals surface area contributed by atoms with Crippen molar-refractivity contribution in [2.75, 3.05) is 5.73 Å². The highest BCUT2D eigenvalue weighted by Gasteiger charge is 2.26. The highest BCUT2D eigenvalue weighted by Crippen LogP contribution is 2.25. The van der Waals surface area contributed by atoms with Crippen LogP contribution in [0.3, 0.4) is 0 Å². The number of nitrogen functional groups attached to an aromatic ring is 1. The molecule has 0 radical (unpaired) electrons. The molecule has 1 aromatic carbocycles. The molecule has 9 heteroatoms. The van der Waals surface area contributed by atoms with Gasteiger partial charge in [0.25, 0.3) is 5.91 Å². The minimum Gasteiger partial charge on any atom is -0.383 e. The average molecular weight is 549 g/mol. The van der Waals surface area contributed by atoms with Gasteiger partial charge in [0.05, 0.1) is 38.6 Å². The van der Waals surface area contributed by atoms with Gasteiger partial charge in [-0.15, -0.1) is 0 Å². The molecule has 0 saturated carbocycles. The number of nitrogens with zero attached hydrogens (tertiary/aromatic N) is 6. The van der Waals surface area contributed by atoms with E-state index < -0.39 is 6.04 Å². The van der Waals surface area contributed by atoms with Crippen molar-refractivity contribution in [1.82, 2.24) is 24.8 Å². The fourth-order valence-electron chi connectivity index (χ4n) is 3.51. The smallest absolute Gasteiger partial charge is 0.254 e. The van der Waals surface area contributed by atoms with E-state index in [-0.39, 0.29) is 12.5 Å². The van der Waals surface area contributed by atoms with Crippen LogP contribution in [0.15, 0.2) is 54.9 Å². The van der Waals surface area contributed by atoms with Crippen molar-refractivity contribution >= 4 is 45.2 Å². The van der Waals surface area contributed by atoms with Gasteiger partial charge in [0.1, 0.15) is 17.7 Å². The van der Waals surface area contributed by atoms with Gasteiger partial charge in [-0.25, -0.2) is 15.0 Å². The van der Waals surface area contributed by atoms with E-state index >= 15 is 0 Å². The van der Waals surface area contributed by atoms with Gasteiger partial charge < -0.3 is 10.6 Å². The third kappa shape index (κ3) is 4.75. The first-order valence-corrected chi connectivity index (χ1v) is 11.3. The van der Waals surface area contributed by atoms with Gasteiger partial charge in [-0.1, -0.05) is 0 Å². The van der Waals surface area contributed by atoms with Gasteiger partial charge in [-0.3, -0.25) is 9.78 Å². The van der Waals surface area contributed by atoms with Crippen LogP contribution in [0.25, 0.3) is 10.9 Å². The van der Waals surface area contributed by atoms with Crippen molar-refractivity contribution in [2.24, 2.45) is 0 Å². The first-order valence-electron chi connectivity index (χ1n) is 10.2. The number of anilines is 1. The molecule has 1 atom stereocenters. The Morgan fingerprint density at radius 2 is 1.94 bits per heavy atom. The lowest BCUT2D eigenvalue weighted by Gasteiger charge is -2.28. The van der Waals surface area contributed by atoms with Crippen LogP contribution in [-0.4, -0.2) is 30.7 Å². The SMILES string of the molecule is Cc1nc(CN(C(=O)c2ccc3nc(N)c(I)cc3c2)C(C)c2ncccn2)ccc1C#N. The van der Waals surface area contributed by atoms with Crippen molar-refractivity contribution < 1.29 is 4.79 Å². The number of aryl methyl sites for hydroxylation is 1. The summed E-state index contributed by atoms with van der Waals surface area (Å²) >= 11 is 2.13. The summed E-state index contributed by atoms with van der Waals surface area (Å²) < 4.78 is 0.824. The largest absolute Gasteiger partial charge is 0.383 e. The summed E-state index contributed by atoms with van der Waals surface area (Å²) in [5, 5.41) is 10.0. The number of amides is 1. The van der Waals surface area contributed by atoms with Gasteiger partial charge in [-0.2, -0.15) is 5.26 Å². The Balaban J connectivity index is 1.74. The van der Waals surface area contributed by atoms with E-state index in [0.717, 1.165) is 14.5 Å². The lowest BCUT2D eigenvalue weighted by molar-refractivity contribution is 0.0663. The van der Waals surface area contributed by atoms with Gasteiger partial charge >= 0.3 is 0 Å². The molecule has 0 aliphatic rings. The molecule has 8 nitrogen and oxygen atoms in total. The number of hydrogen-bond donors (Lipinski definition) is 1. The quantitative estimate of drug-likeness (QED) is 0.371. The van der Waals surface area contributed by atoms with Crippen LogP contribution in [0.2, 0.25) is 0 Å². The normalized spacial score (nSPS) is 11.7. The Morgan fingerprint density at radius 3 is 2.64 bits per heavy atom. The van der Waals surface area contributed by atoms with E-state index in [0.29, 0.717) is 34.2 Å². The predicted molar refractivity (Wildman–Crippen MR) is 133 cm³/mol. The van der Waals surface area contributed by atoms with Crippen LogP contribution >= 0.6 is 22.6 Å². The zero-order valence-electron chi connectivity index (χ0n) is 18.0. The lowest BCUT2D eigenvalue weighted by atomic mass is 10.1. The Bertz CT molecular complexity index is 1390. The third-order valence-corrected chi connectivity index (χ3v) is 6.19. The standard InChI is InChI=1S/C24H20IN7O/c1-14-17(12-26)4-6-19(30-14)13-32(15(2)23-28-8-3-9-29-23)24(33)16-5-7-21-18(10-16)11-20(25)22(27)31-21/h3-11,15H,13H2,1-2H3,(H2,27,31). The van der Waals surface area contributed by atoms with E-state index in [9.17, 15) is 10.1 Å². The van der Waals surface area contributed by atoms with E-state index in [1.165, 1.54) is 0 Å². The molecule has 0 spiro atoms. The fourth-order valence-corrected chi connectivity index (χ4v) is 3.96. The molecule has 0 aliphatic carbocycles. The molecule has 3 heterocycles. The Hall–Kier alpha value is -3.65. The second kappa shape index (κ2) is 9.46. The molecule has 164 valence electrons. The maximum Gasteiger partial charge on any atom is 0.254 e. The van der Waals surface area contributed by atoms with Crippen molar-refractivity contribution in [3.05, 3.63) is 86.8 Å². The van der Waals surface area contributed by atoms with Crippen molar-refractivity contribution in [1.29, 1.82) is 5.26 Å². The number of nitriles is 1. The third-order valence-electron chi connectivity index (χ3n) is 5.33. The Morgan fingerprint density at radius 1 is 1.18 bits per heavy atom.